The molecule has 1 rings (SSSR count). The zero-order chi connectivity index (χ0) is 14.3. The van der Waals surface area contributed by atoms with Crippen molar-refractivity contribution in [2.24, 2.45) is 0 Å². The number of hydrogen-bond acceptors (Lipinski definition) is 3. The largest absolute Gasteiger partial charge is 0.493 e. The average Bonchev–Trinajstić information content (AvgIpc) is 2.36. The summed E-state index contributed by atoms with van der Waals surface area (Å²) in [7, 11) is 0. The van der Waals surface area contributed by atoms with Crippen LogP contribution in [0.15, 0.2) is 30.3 Å². The summed E-state index contributed by atoms with van der Waals surface area (Å²) in [6.45, 7) is 3.55. The number of nitrogens with zero attached hydrogens (tertiary/aromatic N) is 1. The van der Waals surface area contributed by atoms with Crippen molar-refractivity contribution in [3.63, 3.8) is 0 Å². The van der Waals surface area contributed by atoms with Gasteiger partial charge < -0.3 is 14.7 Å². The normalized spacial score (nSPS) is 10.3. The molecule has 0 radical (unpaired) electrons. The van der Waals surface area contributed by atoms with Gasteiger partial charge in [-0.3, -0.25) is 9.59 Å². The van der Waals surface area contributed by atoms with Gasteiger partial charge in [-0.1, -0.05) is 18.2 Å². The lowest BCUT2D eigenvalue weighted by Gasteiger charge is -2.24. The number of hydrogen-bond donors (Lipinski definition) is 1. The van der Waals surface area contributed by atoms with Crippen LogP contribution in [0.1, 0.15) is 20.3 Å². The summed E-state index contributed by atoms with van der Waals surface area (Å²) in [4.78, 5) is 23.9. The molecule has 104 valence electrons. The maximum atomic E-state index is 11.9. The van der Waals surface area contributed by atoms with Gasteiger partial charge in [-0.25, -0.2) is 0 Å². The van der Waals surface area contributed by atoms with E-state index in [4.69, 9.17) is 9.84 Å². The van der Waals surface area contributed by atoms with E-state index in [1.807, 2.05) is 30.3 Å². The Hall–Kier alpha value is -2.04. The van der Waals surface area contributed by atoms with E-state index in [2.05, 4.69) is 0 Å². The molecule has 0 unspecified atom stereocenters. The Kier molecular flexibility index (Phi) is 5.85. The monoisotopic (exact) mass is 265 g/mol. The number of amides is 1. The van der Waals surface area contributed by atoms with E-state index in [1.165, 1.54) is 4.90 Å². The van der Waals surface area contributed by atoms with Crippen molar-refractivity contribution in [1.82, 2.24) is 4.90 Å². The van der Waals surface area contributed by atoms with Crippen LogP contribution in [0.2, 0.25) is 0 Å². The predicted octanol–water partition coefficient (Wildman–Crippen LogP) is 1.78. The highest BCUT2D eigenvalue weighted by Crippen LogP contribution is 2.09. The predicted molar refractivity (Wildman–Crippen MR) is 71.0 cm³/mol. The molecule has 0 atom stereocenters. The van der Waals surface area contributed by atoms with Gasteiger partial charge in [0.1, 0.15) is 12.3 Å². The number of carbonyl (C=O) groups is 2. The highest BCUT2D eigenvalue weighted by Gasteiger charge is 2.19. The third kappa shape index (κ3) is 5.42. The maximum absolute atomic E-state index is 11.9. The second-order valence-electron chi connectivity index (χ2n) is 4.42. The molecular formula is C14H19NO4. The zero-order valence-electron chi connectivity index (χ0n) is 11.2. The standard InChI is InChI=1S/C14H19NO4/c1-11(2)15(10-14(17)18)13(16)8-9-19-12-6-4-3-5-7-12/h3-7,11H,8-10H2,1-2H3,(H,17,18). The first-order valence-electron chi connectivity index (χ1n) is 6.20. The van der Waals surface area contributed by atoms with Crippen LogP contribution in [0.5, 0.6) is 5.75 Å². The molecule has 0 aliphatic heterocycles. The minimum absolute atomic E-state index is 0.139. The van der Waals surface area contributed by atoms with Crippen LogP contribution in [0.25, 0.3) is 0 Å². The maximum Gasteiger partial charge on any atom is 0.323 e. The van der Waals surface area contributed by atoms with Crippen molar-refractivity contribution in [2.45, 2.75) is 26.3 Å². The smallest absolute Gasteiger partial charge is 0.323 e. The fourth-order valence-corrected chi connectivity index (χ4v) is 1.62. The van der Waals surface area contributed by atoms with Gasteiger partial charge in [0.25, 0.3) is 0 Å². The summed E-state index contributed by atoms with van der Waals surface area (Å²) < 4.78 is 5.42. The Bertz CT molecular complexity index is 417. The Morgan fingerprint density at radius 1 is 1.26 bits per heavy atom. The highest BCUT2D eigenvalue weighted by atomic mass is 16.5. The van der Waals surface area contributed by atoms with Gasteiger partial charge in [0, 0.05) is 6.04 Å². The van der Waals surface area contributed by atoms with Crippen LogP contribution in [0.3, 0.4) is 0 Å². The lowest BCUT2D eigenvalue weighted by atomic mass is 10.2. The molecule has 5 nitrogen and oxygen atoms in total. The molecular weight excluding hydrogens is 246 g/mol. The van der Waals surface area contributed by atoms with Crippen LogP contribution < -0.4 is 4.74 Å². The lowest BCUT2D eigenvalue weighted by Crippen LogP contribution is -2.41. The van der Waals surface area contributed by atoms with E-state index in [1.54, 1.807) is 13.8 Å². The first kappa shape index (κ1) is 15.0. The Balaban J connectivity index is 2.42. The Morgan fingerprint density at radius 2 is 1.89 bits per heavy atom. The van der Waals surface area contributed by atoms with Crippen molar-refractivity contribution in [3.8, 4) is 5.75 Å². The first-order chi connectivity index (χ1) is 9.00. The molecule has 1 aromatic carbocycles. The molecule has 0 saturated heterocycles. The average molecular weight is 265 g/mol. The van der Waals surface area contributed by atoms with Crippen LogP contribution >= 0.6 is 0 Å². The summed E-state index contributed by atoms with van der Waals surface area (Å²) >= 11 is 0. The number of para-hydroxylation sites is 1. The molecule has 0 aliphatic rings. The summed E-state index contributed by atoms with van der Waals surface area (Å²) in [5.74, 6) is -0.524. The summed E-state index contributed by atoms with van der Waals surface area (Å²) in [6.07, 6.45) is 0.167. The number of aliphatic carboxylic acids is 1. The molecule has 0 spiro atoms. The third-order valence-corrected chi connectivity index (χ3v) is 2.58. The Labute approximate surface area is 112 Å². The number of benzene rings is 1. The molecule has 19 heavy (non-hydrogen) atoms. The zero-order valence-corrected chi connectivity index (χ0v) is 11.2. The third-order valence-electron chi connectivity index (χ3n) is 2.58. The van der Waals surface area contributed by atoms with Crippen LogP contribution in [0.4, 0.5) is 0 Å². The number of carbonyl (C=O) groups excluding carboxylic acids is 1. The second-order valence-corrected chi connectivity index (χ2v) is 4.42. The van der Waals surface area contributed by atoms with Crippen LogP contribution in [-0.2, 0) is 9.59 Å². The van der Waals surface area contributed by atoms with Gasteiger partial charge in [0.2, 0.25) is 5.91 Å². The van der Waals surface area contributed by atoms with Gasteiger partial charge in [-0.2, -0.15) is 0 Å². The van der Waals surface area contributed by atoms with E-state index in [-0.39, 0.29) is 31.5 Å². The molecule has 1 aromatic rings. The molecule has 0 fully saturated rings. The van der Waals surface area contributed by atoms with Gasteiger partial charge in [-0.15, -0.1) is 0 Å². The van der Waals surface area contributed by atoms with Gasteiger partial charge in [0.05, 0.1) is 13.0 Å². The molecule has 0 bridgehead atoms. The molecule has 0 saturated carbocycles. The second kappa shape index (κ2) is 7.41. The molecule has 0 aliphatic carbocycles. The van der Waals surface area contributed by atoms with Crippen molar-refractivity contribution in [2.75, 3.05) is 13.2 Å². The number of rotatable bonds is 7. The van der Waals surface area contributed by atoms with E-state index < -0.39 is 5.97 Å². The number of ether oxygens (including phenoxy) is 1. The van der Waals surface area contributed by atoms with Crippen molar-refractivity contribution in [3.05, 3.63) is 30.3 Å². The highest BCUT2D eigenvalue weighted by molar-refractivity contribution is 5.81. The lowest BCUT2D eigenvalue weighted by molar-refractivity contribution is -0.146. The van der Waals surface area contributed by atoms with E-state index in [0.29, 0.717) is 5.75 Å². The van der Waals surface area contributed by atoms with Crippen molar-refractivity contribution in [1.29, 1.82) is 0 Å². The minimum Gasteiger partial charge on any atom is -0.493 e. The molecule has 0 heterocycles. The quantitative estimate of drug-likeness (QED) is 0.816. The topological polar surface area (TPSA) is 66.8 Å². The molecule has 1 amide bonds. The van der Waals surface area contributed by atoms with Crippen molar-refractivity contribution < 1.29 is 19.4 Å². The summed E-state index contributed by atoms with van der Waals surface area (Å²) in [5.41, 5.74) is 0. The summed E-state index contributed by atoms with van der Waals surface area (Å²) in [5, 5.41) is 8.76. The fourth-order valence-electron chi connectivity index (χ4n) is 1.62. The first-order valence-corrected chi connectivity index (χ1v) is 6.20. The Morgan fingerprint density at radius 3 is 2.42 bits per heavy atom. The van der Waals surface area contributed by atoms with E-state index in [9.17, 15) is 9.59 Å². The SMILES string of the molecule is CC(C)N(CC(=O)O)C(=O)CCOc1ccccc1. The van der Waals surface area contributed by atoms with Crippen LogP contribution in [0, 0.1) is 0 Å². The number of carboxylic acids is 1. The van der Waals surface area contributed by atoms with E-state index in [0.717, 1.165) is 0 Å². The fraction of sp³-hybridized carbons (Fsp3) is 0.429. The molecule has 5 heteroatoms. The molecule has 0 aromatic heterocycles. The number of carboxylic acid groups (broad SMARTS) is 1. The minimum atomic E-state index is -1.01. The molecule has 1 N–H and O–H groups in total. The summed E-state index contributed by atoms with van der Waals surface area (Å²) in [6, 6.07) is 9.06. The van der Waals surface area contributed by atoms with Crippen molar-refractivity contribution >= 4 is 11.9 Å². The van der Waals surface area contributed by atoms with Gasteiger partial charge in [0.15, 0.2) is 0 Å². The van der Waals surface area contributed by atoms with Gasteiger partial charge >= 0.3 is 5.97 Å². The van der Waals surface area contributed by atoms with Gasteiger partial charge in [-0.05, 0) is 26.0 Å². The van der Waals surface area contributed by atoms with Crippen LogP contribution in [-0.4, -0.2) is 41.1 Å². The van der Waals surface area contributed by atoms with E-state index >= 15 is 0 Å².